The largest absolute Gasteiger partial charge is 0.376 e. The number of nitrogens with zero attached hydrogens (tertiary/aromatic N) is 2. The molecular formula is C23H29N3O3S2. The van der Waals surface area contributed by atoms with Crippen LogP contribution in [0.1, 0.15) is 32.6 Å². The van der Waals surface area contributed by atoms with Crippen LogP contribution in [0.15, 0.2) is 58.3 Å². The van der Waals surface area contributed by atoms with E-state index in [2.05, 4.69) is 18.3 Å². The van der Waals surface area contributed by atoms with Crippen molar-refractivity contribution in [1.29, 1.82) is 0 Å². The summed E-state index contributed by atoms with van der Waals surface area (Å²) in [6, 6.07) is 14.8. The fourth-order valence-electron chi connectivity index (χ4n) is 4.04. The van der Waals surface area contributed by atoms with Crippen molar-refractivity contribution in [2.75, 3.05) is 36.4 Å². The zero-order chi connectivity index (χ0) is 21.8. The third-order valence-corrected chi connectivity index (χ3v) is 8.91. The Kier molecular flexibility index (Phi) is 6.89. The highest BCUT2D eigenvalue weighted by atomic mass is 32.2. The van der Waals surface area contributed by atoms with Gasteiger partial charge in [-0.3, -0.25) is 4.79 Å². The Morgan fingerprint density at radius 2 is 1.84 bits per heavy atom. The number of thioether (sulfide) groups is 1. The lowest BCUT2D eigenvalue weighted by Crippen LogP contribution is -2.37. The van der Waals surface area contributed by atoms with Crippen molar-refractivity contribution >= 4 is 39.1 Å². The summed E-state index contributed by atoms with van der Waals surface area (Å²) in [5.74, 6) is -0.0218. The van der Waals surface area contributed by atoms with Gasteiger partial charge in [0.25, 0.3) is 0 Å². The molecule has 2 aliphatic rings. The monoisotopic (exact) mass is 459 g/mol. The predicted molar refractivity (Wildman–Crippen MR) is 126 cm³/mol. The van der Waals surface area contributed by atoms with E-state index in [1.807, 2.05) is 23.1 Å². The van der Waals surface area contributed by atoms with Crippen LogP contribution < -0.4 is 10.2 Å². The van der Waals surface area contributed by atoms with Crippen LogP contribution in [0.3, 0.4) is 0 Å². The minimum atomic E-state index is -3.50. The summed E-state index contributed by atoms with van der Waals surface area (Å²) in [5.41, 5.74) is 1.59. The number of amides is 1. The van der Waals surface area contributed by atoms with E-state index in [0.29, 0.717) is 30.6 Å². The zero-order valence-electron chi connectivity index (χ0n) is 17.8. The minimum absolute atomic E-state index is 0.0218. The van der Waals surface area contributed by atoms with E-state index in [1.54, 1.807) is 40.3 Å². The highest BCUT2D eigenvalue weighted by Crippen LogP contribution is 2.37. The van der Waals surface area contributed by atoms with Gasteiger partial charge in [0.2, 0.25) is 15.9 Å². The van der Waals surface area contributed by atoms with E-state index in [4.69, 9.17) is 0 Å². The summed E-state index contributed by atoms with van der Waals surface area (Å²) in [6.45, 7) is 4.12. The molecule has 166 valence electrons. The molecule has 0 spiro atoms. The molecule has 6 nitrogen and oxygen atoms in total. The minimum Gasteiger partial charge on any atom is -0.376 e. The number of para-hydroxylation sites is 1. The molecule has 1 saturated heterocycles. The fourth-order valence-corrected chi connectivity index (χ4v) is 6.72. The Bertz CT molecular complexity index is 1040. The third kappa shape index (κ3) is 5.07. The number of hydrogen-bond donors (Lipinski definition) is 1. The Labute approximate surface area is 189 Å². The molecule has 2 aliphatic heterocycles. The Hall–Kier alpha value is -2.03. The molecule has 0 aromatic heterocycles. The molecular weight excluding hydrogens is 430 g/mol. The van der Waals surface area contributed by atoms with Gasteiger partial charge in [-0.2, -0.15) is 4.31 Å². The summed E-state index contributed by atoms with van der Waals surface area (Å²) in [6.07, 6.45) is 3.81. The highest BCUT2D eigenvalue weighted by Gasteiger charge is 2.27. The van der Waals surface area contributed by atoms with Crippen molar-refractivity contribution in [3.05, 3.63) is 48.5 Å². The second-order valence-electron chi connectivity index (χ2n) is 8.08. The van der Waals surface area contributed by atoms with Crippen LogP contribution in [0.5, 0.6) is 0 Å². The van der Waals surface area contributed by atoms with Gasteiger partial charge >= 0.3 is 0 Å². The van der Waals surface area contributed by atoms with Crippen molar-refractivity contribution in [1.82, 2.24) is 4.31 Å². The summed E-state index contributed by atoms with van der Waals surface area (Å²) in [7, 11) is -3.50. The number of fused-ring (bicyclic) bond motifs is 1. The van der Waals surface area contributed by atoms with Crippen molar-refractivity contribution in [2.24, 2.45) is 0 Å². The van der Waals surface area contributed by atoms with Crippen LogP contribution in [0.2, 0.25) is 0 Å². The summed E-state index contributed by atoms with van der Waals surface area (Å²) >= 11 is 1.80. The topological polar surface area (TPSA) is 69.7 Å². The molecule has 8 heteroatoms. The molecule has 0 bridgehead atoms. The lowest BCUT2D eigenvalue weighted by molar-refractivity contribution is -0.117. The molecule has 31 heavy (non-hydrogen) atoms. The number of rotatable bonds is 5. The number of carbonyl (C=O) groups is 1. The third-order valence-electron chi connectivity index (χ3n) is 5.78. The molecule has 0 radical (unpaired) electrons. The molecule has 1 atom stereocenters. The number of hydrogen-bond acceptors (Lipinski definition) is 5. The molecule has 2 aromatic carbocycles. The normalized spacial score (nSPS) is 20.0. The molecule has 1 fully saturated rings. The number of anilines is 2. The van der Waals surface area contributed by atoms with Crippen LogP contribution >= 0.6 is 11.8 Å². The molecule has 0 aliphatic carbocycles. The highest BCUT2D eigenvalue weighted by molar-refractivity contribution is 8.00. The number of benzene rings is 2. The first-order valence-electron chi connectivity index (χ1n) is 10.9. The van der Waals surface area contributed by atoms with Crippen molar-refractivity contribution < 1.29 is 13.2 Å². The molecule has 2 aromatic rings. The summed E-state index contributed by atoms with van der Waals surface area (Å²) in [5, 5.41) is 3.59. The zero-order valence-corrected chi connectivity index (χ0v) is 19.4. The summed E-state index contributed by atoms with van der Waals surface area (Å²) < 4.78 is 27.5. The Balaban J connectivity index is 1.46. The molecule has 1 unspecified atom stereocenters. The lowest BCUT2D eigenvalue weighted by Gasteiger charge is -2.26. The van der Waals surface area contributed by atoms with Crippen LogP contribution in [-0.4, -0.2) is 50.1 Å². The first-order chi connectivity index (χ1) is 14.9. The van der Waals surface area contributed by atoms with Gasteiger partial charge in [-0.25, -0.2) is 8.42 Å². The van der Waals surface area contributed by atoms with Crippen molar-refractivity contribution in [3.63, 3.8) is 0 Å². The van der Waals surface area contributed by atoms with Gasteiger partial charge in [0.15, 0.2) is 0 Å². The molecule has 1 N–H and O–H groups in total. The summed E-state index contributed by atoms with van der Waals surface area (Å²) in [4.78, 5) is 16.3. The number of nitrogens with one attached hydrogen (secondary N) is 1. The van der Waals surface area contributed by atoms with Gasteiger partial charge in [0, 0.05) is 35.5 Å². The van der Waals surface area contributed by atoms with Gasteiger partial charge in [-0.15, -0.1) is 11.8 Å². The van der Waals surface area contributed by atoms with E-state index in [1.165, 1.54) is 0 Å². The smallest absolute Gasteiger partial charge is 0.246 e. The maximum Gasteiger partial charge on any atom is 0.246 e. The van der Waals surface area contributed by atoms with Crippen LogP contribution in [0, 0.1) is 0 Å². The van der Waals surface area contributed by atoms with Gasteiger partial charge in [0.05, 0.1) is 17.1 Å². The maximum absolute atomic E-state index is 13.1. The van der Waals surface area contributed by atoms with Gasteiger partial charge in [0.1, 0.15) is 0 Å². The van der Waals surface area contributed by atoms with E-state index < -0.39 is 10.0 Å². The molecule has 2 heterocycles. The maximum atomic E-state index is 13.1. The van der Waals surface area contributed by atoms with Gasteiger partial charge in [-0.05, 0) is 49.6 Å². The van der Waals surface area contributed by atoms with E-state index in [-0.39, 0.29) is 17.3 Å². The van der Waals surface area contributed by atoms with Crippen molar-refractivity contribution in [2.45, 2.75) is 47.6 Å². The first-order valence-corrected chi connectivity index (χ1v) is 13.2. The van der Waals surface area contributed by atoms with Crippen LogP contribution in [0.25, 0.3) is 0 Å². The number of piperidine rings is 1. The fraction of sp³-hybridized carbons (Fsp3) is 0.435. The second-order valence-corrected chi connectivity index (χ2v) is 11.5. The van der Waals surface area contributed by atoms with Crippen LogP contribution in [-0.2, 0) is 14.8 Å². The van der Waals surface area contributed by atoms with E-state index in [0.717, 1.165) is 36.3 Å². The molecule has 1 amide bonds. The number of sulfonamides is 1. The van der Waals surface area contributed by atoms with E-state index in [9.17, 15) is 13.2 Å². The average molecular weight is 460 g/mol. The quantitative estimate of drug-likeness (QED) is 0.726. The molecule has 4 rings (SSSR count). The SMILES string of the molecule is CC1CCN(C(=O)CNc2cccc(S(=O)(=O)N3CCCCC3)c2)c2ccccc2S1. The Morgan fingerprint density at radius 3 is 2.65 bits per heavy atom. The van der Waals surface area contributed by atoms with Gasteiger partial charge in [-0.1, -0.05) is 31.5 Å². The van der Waals surface area contributed by atoms with E-state index >= 15 is 0 Å². The first kappa shape index (κ1) is 22.2. The average Bonchev–Trinajstić information content (AvgIpc) is 2.96. The van der Waals surface area contributed by atoms with Gasteiger partial charge < -0.3 is 10.2 Å². The standard InChI is InChI=1S/C23H29N3O3S2/c1-18-12-15-26(21-10-3-4-11-22(21)30-18)23(27)17-24-19-8-7-9-20(16-19)31(28,29)25-13-5-2-6-14-25/h3-4,7-11,16,18,24H,2,5-6,12-15,17H2,1H3. The number of carbonyl (C=O) groups excluding carboxylic acids is 1. The Morgan fingerprint density at radius 1 is 1.06 bits per heavy atom. The van der Waals surface area contributed by atoms with Crippen molar-refractivity contribution in [3.8, 4) is 0 Å². The second kappa shape index (κ2) is 9.63. The van der Waals surface area contributed by atoms with Crippen LogP contribution in [0.4, 0.5) is 11.4 Å². The predicted octanol–water partition coefficient (Wildman–Crippen LogP) is 4.19. The lowest BCUT2D eigenvalue weighted by atomic mass is 10.2. The molecule has 0 saturated carbocycles.